The smallest absolute Gasteiger partial charge is 0.266 e. The van der Waals surface area contributed by atoms with E-state index in [1.807, 2.05) is 36.4 Å². The Morgan fingerprint density at radius 2 is 1.76 bits per heavy atom. The van der Waals surface area contributed by atoms with Gasteiger partial charge in [-0.2, -0.15) is 0 Å². The highest BCUT2D eigenvalue weighted by molar-refractivity contribution is 5.79. The normalized spacial score (nSPS) is 12.7. The lowest BCUT2D eigenvalue weighted by atomic mass is 10.1. The van der Waals surface area contributed by atoms with Crippen LogP contribution in [-0.2, 0) is 6.42 Å². The summed E-state index contributed by atoms with van der Waals surface area (Å²) in [7, 11) is 4.80. The third kappa shape index (κ3) is 3.40. The van der Waals surface area contributed by atoms with Gasteiger partial charge in [-0.15, -0.1) is 0 Å². The summed E-state index contributed by atoms with van der Waals surface area (Å²) in [6, 6.07) is 11.3. The van der Waals surface area contributed by atoms with Crippen LogP contribution in [-0.4, -0.2) is 44.0 Å². The molecule has 7 nitrogen and oxygen atoms in total. The van der Waals surface area contributed by atoms with Crippen molar-refractivity contribution in [2.24, 2.45) is 0 Å². The molecule has 0 saturated heterocycles. The molecular weight excluding hydrogens is 370 g/mol. The number of rotatable bonds is 6. The first-order valence-electron chi connectivity index (χ1n) is 9.38. The summed E-state index contributed by atoms with van der Waals surface area (Å²) in [5.41, 5.74) is 1.69. The van der Waals surface area contributed by atoms with Crippen molar-refractivity contribution in [3.05, 3.63) is 58.4 Å². The van der Waals surface area contributed by atoms with Crippen LogP contribution in [0.5, 0.6) is 17.2 Å². The molecule has 4 rings (SSSR count). The van der Waals surface area contributed by atoms with E-state index < -0.39 is 0 Å². The van der Waals surface area contributed by atoms with Gasteiger partial charge in [-0.25, -0.2) is 4.98 Å². The molecule has 1 aliphatic heterocycles. The number of methoxy groups -OCH3 is 3. The largest absolute Gasteiger partial charge is 0.493 e. The number of ether oxygens (including phenoxy) is 3. The van der Waals surface area contributed by atoms with Crippen molar-refractivity contribution in [1.82, 2.24) is 9.55 Å². The average molecular weight is 393 g/mol. The summed E-state index contributed by atoms with van der Waals surface area (Å²) in [4.78, 5) is 19.7. The summed E-state index contributed by atoms with van der Waals surface area (Å²) in [6.07, 6.45) is 4.50. The number of anilines is 1. The van der Waals surface area contributed by atoms with Crippen molar-refractivity contribution in [3.8, 4) is 17.2 Å². The van der Waals surface area contributed by atoms with Crippen LogP contribution in [0.15, 0.2) is 47.3 Å². The van der Waals surface area contributed by atoms with Gasteiger partial charge in [0.25, 0.3) is 5.56 Å². The van der Waals surface area contributed by atoms with E-state index in [1.54, 1.807) is 38.2 Å². The molecule has 29 heavy (non-hydrogen) atoms. The van der Waals surface area contributed by atoms with Gasteiger partial charge in [0, 0.05) is 19.3 Å². The van der Waals surface area contributed by atoms with E-state index in [-0.39, 0.29) is 5.56 Å². The molecule has 2 heterocycles. The quantitative estimate of drug-likeness (QED) is 0.642. The molecule has 2 aromatic carbocycles. The van der Waals surface area contributed by atoms with Crippen molar-refractivity contribution in [3.63, 3.8) is 0 Å². The molecule has 0 fully saturated rings. The summed E-state index contributed by atoms with van der Waals surface area (Å²) in [6.45, 7) is 1.38. The molecule has 0 unspecified atom stereocenters. The Kier molecular flexibility index (Phi) is 5.12. The molecular formula is C22H23N3O4. The molecule has 0 N–H and O–H groups in total. The Morgan fingerprint density at radius 3 is 2.45 bits per heavy atom. The van der Waals surface area contributed by atoms with E-state index in [9.17, 15) is 4.79 Å². The fraction of sp³-hybridized carbons (Fsp3) is 0.273. The lowest BCUT2D eigenvalue weighted by Gasteiger charge is -2.27. The minimum atomic E-state index is -0.0562. The predicted octanol–water partition coefficient (Wildman–Crippen LogP) is 2.96. The fourth-order valence-corrected chi connectivity index (χ4v) is 3.59. The second-order valence-electron chi connectivity index (χ2n) is 6.72. The molecule has 7 heteroatoms. The van der Waals surface area contributed by atoms with Gasteiger partial charge in [-0.3, -0.25) is 9.36 Å². The summed E-state index contributed by atoms with van der Waals surface area (Å²) >= 11 is 0. The Morgan fingerprint density at radius 1 is 1.03 bits per heavy atom. The third-order valence-electron chi connectivity index (χ3n) is 5.05. The van der Waals surface area contributed by atoms with E-state index in [4.69, 9.17) is 19.2 Å². The molecule has 0 bridgehead atoms. The lowest BCUT2D eigenvalue weighted by molar-refractivity contribution is 0.324. The van der Waals surface area contributed by atoms with Crippen LogP contribution in [0.4, 0.5) is 5.95 Å². The van der Waals surface area contributed by atoms with Crippen LogP contribution in [0.3, 0.4) is 0 Å². The molecule has 0 amide bonds. The summed E-state index contributed by atoms with van der Waals surface area (Å²) in [5.74, 6) is 2.48. The first kappa shape index (κ1) is 18.9. The number of hydrogen-bond acceptors (Lipinski definition) is 6. The Bertz CT molecular complexity index is 1110. The van der Waals surface area contributed by atoms with E-state index in [2.05, 4.69) is 4.90 Å². The van der Waals surface area contributed by atoms with Gasteiger partial charge in [0.1, 0.15) is 0 Å². The van der Waals surface area contributed by atoms with Gasteiger partial charge in [0.2, 0.25) is 11.7 Å². The summed E-state index contributed by atoms with van der Waals surface area (Å²) in [5, 5.41) is 0.618. The first-order valence-corrected chi connectivity index (χ1v) is 9.38. The van der Waals surface area contributed by atoms with Crippen molar-refractivity contribution in [2.75, 3.05) is 39.3 Å². The van der Waals surface area contributed by atoms with Gasteiger partial charge in [-0.05, 0) is 42.3 Å². The monoisotopic (exact) mass is 393 g/mol. The zero-order valence-corrected chi connectivity index (χ0v) is 16.7. The topological polar surface area (TPSA) is 65.8 Å². The number of nitrogens with zero attached hydrogens (tertiary/aromatic N) is 3. The average Bonchev–Trinajstić information content (AvgIpc) is 2.77. The van der Waals surface area contributed by atoms with Crippen LogP contribution < -0.4 is 24.7 Å². The number of hydrogen-bond donors (Lipinski definition) is 0. The van der Waals surface area contributed by atoms with Gasteiger partial charge >= 0.3 is 0 Å². The van der Waals surface area contributed by atoms with Crippen LogP contribution in [0.25, 0.3) is 17.1 Å². The third-order valence-corrected chi connectivity index (χ3v) is 5.05. The lowest BCUT2D eigenvalue weighted by Crippen LogP contribution is -2.35. The molecule has 1 aromatic heterocycles. The first-order chi connectivity index (χ1) is 14.2. The second kappa shape index (κ2) is 7.87. The van der Waals surface area contributed by atoms with Gasteiger partial charge in [-0.1, -0.05) is 12.1 Å². The zero-order valence-electron chi connectivity index (χ0n) is 16.7. The minimum absolute atomic E-state index is 0.0562. The SMILES string of the molecule is COc1cc(CCN2CC=Cn3c2nc2ccccc2c3=O)cc(OC)c1OC. The molecule has 0 spiro atoms. The number of aromatic nitrogens is 2. The highest BCUT2D eigenvalue weighted by atomic mass is 16.5. The van der Waals surface area contributed by atoms with Crippen LogP contribution >= 0.6 is 0 Å². The van der Waals surface area contributed by atoms with Crippen molar-refractivity contribution in [1.29, 1.82) is 0 Å². The Labute approximate surface area is 168 Å². The van der Waals surface area contributed by atoms with Crippen molar-refractivity contribution in [2.45, 2.75) is 6.42 Å². The molecule has 0 aliphatic carbocycles. The van der Waals surface area contributed by atoms with Gasteiger partial charge in [0.05, 0.1) is 32.2 Å². The van der Waals surface area contributed by atoms with Crippen LogP contribution in [0.2, 0.25) is 0 Å². The van der Waals surface area contributed by atoms with Gasteiger partial charge < -0.3 is 19.1 Å². The number of para-hydroxylation sites is 1. The zero-order chi connectivity index (χ0) is 20.4. The molecule has 1 aliphatic rings. The van der Waals surface area contributed by atoms with Gasteiger partial charge in [0.15, 0.2) is 11.5 Å². The highest BCUT2D eigenvalue weighted by Gasteiger charge is 2.19. The maximum Gasteiger partial charge on any atom is 0.266 e. The van der Waals surface area contributed by atoms with E-state index >= 15 is 0 Å². The molecule has 3 aromatic rings. The maximum absolute atomic E-state index is 12.8. The number of fused-ring (bicyclic) bond motifs is 2. The van der Waals surface area contributed by atoms with Crippen LogP contribution in [0, 0.1) is 0 Å². The van der Waals surface area contributed by atoms with E-state index in [0.29, 0.717) is 47.2 Å². The molecule has 0 saturated carbocycles. The number of benzene rings is 2. The Hall–Kier alpha value is -3.48. The second-order valence-corrected chi connectivity index (χ2v) is 6.72. The van der Waals surface area contributed by atoms with Crippen molar-refractivity contribution >= 4 is 23.1 Å². The van der Waals surface area contributed by atoms with Crippen LogP contribution in [0.1, 0.15) is 5.56 Å². The predicted molar refractivity (Wildman–Crippen MR) is 113 cm³/mol. The van der Waals surface area contributed by atoms with E-state index in [0.717, 1.165) is 12.0 Å². The maximum atomic E-state index is 12.8. The highest BCUT2D eigenvalue weighted by Crippen LogP contribution is 2.38. The minimum Gasteiger partial charge on any atom is -0.493 e. The van der Waals surface area contributed by atoms with E-state index in [1.165, 1.54) is 0 Å². The summed E-state index contributed by atoms with van der Waals surface area (Å²) < 4.78 is 17.9. The Balaban J connectivity index is 1.64. The molecule has 0 radical (unpaired) electrons. The standard InChI is InChI=1S/C22H23N3O4/c1-27-18-13-15(14-19(28-2)20(18)29-3)9-12-24-10-6-11-25-21(26)16-7-4-5-8-17(16)23-22(24)25/h4-8,11,13-14H,9-10,12H2,1-3H3. The molecule has 0 atom stereocenters. The van der Waals surface area contributed by atoms with Crippen molar-refractivity contribution < 1.29 is 14.2 Å². The molecule has 150 valence electrons. The fourth-order valence-electron chi connectivity index (χ4n) is 3.59.